The van der Waals surface area contributed by atoms with Crippen molar-refractivity contribution >= 4 is 17.7 Å². The molecule has 0 radical (unpaired) electrons. The second kappa shape index (κ2) is 6.05. The van der Waals surface area contributed by atoms with Crippen LogP contribution in [0.1, 0.15) is 5.56 Å². The Morgan fingerprint density at radius 1 is 1.00 bits per heavy atom. The van der Waals surface area contributed by atoms with Gasteiger partial charge in [-0.25, -0.2) is 9.98 Å². The number of hydrogen-bond donors (Lipinski definition) is 2. The number of para-hydroxylation sites is 2. The van der Waals surface area contributed by atoms with Crippen LogP contribution in [0.4, 0.5) is 11.5 Å². The van der Waals surface area contributed by atoms with Gasteiger partial charge in [0.1, 0.15) is 12.1 Å². The average Bonchev–Trinajstić information content (AvgIpc) is 2.57. The van der Waals surface area contributed by atoms with Crippen LogP contribution in [-0.2, 0) is 0 Å². The second-order valence-corrected chi connectivity index (χ2v) is 4.66. The number of benzene rings is 2. The lowest BCUT2D eigenvalue weighted by atomic mass is 10.2. The van der Waals surface area contributed by atoms with Crippen molar-refractivity contribution in [3.63, 3.8) is 0 Å². The fourth-order valence-corrected chi connectivity index (χ4v) is 2.14. The maximum absolute atomic E-state index is 7.63. The molecule has 22 heavy (non-hydrogen) atoms. The summed E-state index contributed by atoms with van der Waals surface area (Å²) in [5, 5.41) is 7.63. The molecule has 0 bridgehead atoms. The van der Waals surface area contributed by atoms with Crippen molar-refractivity contribution in [2.45, 2.75) is 0 Å². The number of nitrogens with two attached hydrogens (primary N) is 1. The van der Waals surface area contributed by atoms with E-state index in [9.17, 15) is 0 Å². The van der Waals surface area contributed by atoms with Gasteiger partial charge >= 0.3 is 0 Å². The lowest BCUT2D eigenvalue weighted by Crippen LogP contribution is -2.21. The molecular weight excluding hydrogens is 274 g/mol. The van der Waals surface area contributed by atoms with E-state index in [1.807, 2.05) is 60.7 Å². The quantitative estimate of drug-likeness (QED) is 0.727. The summed E-state index contributed by atoms with van der Waals surface area (Å²) in [5.74, 6) is 0.436. The van der Waals surface area contributed by atoms with Gasteiger partial charge in [-0.05, 0) is 24.3 Å². The highest BCUT2D eigenvalue weighted by molar-refractivity contribution is 5.83. The first kappa shape index (κ1) is 13.8. The Kier molecular flexibility index (Phi) is 3.78. The first-order valence-corrected chi connectivity index (χ1v) is 6.82. The lowest BCUT2D eigenvalue weighted by Gasteiger charge is -2.11. The summed E-state index contributed by atoms with van der Waals surface area (Å²) in [7, 11) is 0. The molecule has 1 aromatic heterocycles. The standard InChI is InChI=1S/C17H15N5/c18-11-15-16(19)22(14-9-5-2-6-10-14)12-20-17(15)21-13-7-3-1-4-8-13/h1-12,18H,19H2. The van der Waals surface area contributed by atoms with Crippen molar-refractivity contribution in [3.8, 4) is 5.69 Å². The largest absolute Gasteiger partial charge is 0.384 e. The molecule has 0 unspecified atom stereocenters. The summed E-state index contributed by atoms with van der Waals surface area (Å²) in [5.41, 5.74) is 8.79. The number of rotatable bonds is 3. The molecule has 0 atom stereocenters. The van der Waals surface area contributed by atoms with E-state index < -0.39 is 0 Å². The normalized spacial score (nSPS) is 11.4. The van der Waals surface area contributed by atoms with Gasteiger partial charge in [0.25, 0.3) is 0 Å². The minimum absolute atomic E-state index is 0.436. The van der Waals surface area contributed by atoms with Gasteiger partial charge < -0.3 is 11.1 Å². The molecule has 5 nitrogen and oxygen atoms in total. The van der Waals surface area contributed by atoms with Crippen molar-refractivity contribution in [2.75, 3.05) is 5.73 Å². The Labute approximate surface area is 127 Å². The van der Waals surface area contributed by atoms with Crippen molar-refractivity contribution in [1.82, 2.24) is 9.55 Å². The summed E-state index contributed by atoms with van der Waals surface area (Å²) in [4.78, 5) is 8.80. The predicted molar refractivity (Wildman–Crippen MR) is 87.5 cm³/mol. The Balaban J connectivity index is 2.18. The zero-order chi connectivity index (χ0) is 15.4. The Morgan fingerprint density at radius 2 is 1.64 bits per heavy atom. The third-order valence-electron chi connectivity index (χ3n) is 3.24. The topological polar surface area (TPSA) is 80.0 Å². The minimum Gasteiger partial charge on any atom is -0.384 e. The maximum atomic E-state index is 7.63. The van der Waals surface area contributed by atoms with Crippen LogP contribution in [0.5, 0.6) is 0 Å². The number of nitrogens with zero attached hydrogens (tertiary/aromatic N) is 3. The molecule has 0 aliphatic carbocycles. The highest BCUT2D eigenvalue weighted by Crippen LogP contribution is 2.14. The molecule has 3 rings (SSSR count). The fourth-order valence-electron chi connectivity index (χ4n) is 2.14. The van der Waals surface area contributed by atoms with E-state index in [2.05, 4.69) is 9.98 Å². The molecule has 108 valence electrons. The summed E-state index contributed by atoms with van der Waals surface area (Å²) >= 11 is 0. The van der Waals surface area contributed by atoms with Crippen molar-refractivity contribution in [3.05, 3.63) is 78.0 Å². The predicted octanol–water partition coefficient (Wildman–Crippen LogP) is 2.68. The second-order valence-electron chi connectivity index (χ2n) is 4.66. The summed E-state index contributed by atoms with van der Waals surface area (Å²) in [6.45, 7) is 0. The molecule has 1 heterocycles. The van der Waals surface area contributed by atoms with Gasteiger partial charge in [0.2, 0.25) is 0 Å². The molecule has 0 spiro atoms. The third-order valence-corrected chi connectivity index (χ3v) is 3.24. The average molecular weight is 289 g/mol. The zero-order valence-corrected chi connectivity index (χ0v) is 11.8. The van der Waals surface area contributed by atoms with Gasteiger partial charge in [-0.3, -0.25) is 4.57 Å². The maximum Gasteiger partial charge on any atom is 0.166 e. The molecule has 2 aromatic carbocycles. The lowest BCUT2D eigenvalue weighted by molar-refractivity contribution is 0.954. The molecule has 3 N–H and O–H groups in total. The van der Waals surface area contributed by atoms with E-state index in [4.69, 9.17) is 11.1 Å². The number of hydrogen-bond acceptors (Lipinski definition) is 4. The Morgan fingerprint density at radius 3 is 2.27 bits per heavy atom. The van der Waals surface area contributed by atoms with E-state index in [1.165, 1.54) is 6.21 Å². The first-order chi connectivity index (χ1) is 10.8. The van der Waals surface area contributed by atoms with Crippen LogP contribution in [0.15, 0.2) is 72.0 Å². The van der Waals surface area contributed by atoms with Crippen LogP contribution in [0.2, 0.25) is 0 Å². The Bertz CT molecular complexity index is 851. The molecule has 0 saturated heterocycles. The van der Waals surface area contributed by atoms with Crippen molar-refractivity contribution < 1.29 is 0 Å². The SMILES string of the molecule is N=Cc1c(N)n(-c2ccccc2)cnc1=Nc1ccccc1. The van der Waals surface area contributed by atoms with Gasteiger partial charge in [-0.15, -0.1) is 0 Å². The molecule has 0 aliphatic rings. The van der Waals surface area contributed by atoms with Gasteiger partial charge in [-0.1, -0.05) is 36.4 Å². The van der Waals surface area contributed by atoms with Gasteiger partial charge in [0, 0.05) is 11.9 Å². The van der Waals surface area contributed by atoms with Crippen LogP contribution in [0, 0.1) is 5.41 Å². The van der Waals surface area contributed by atoms with Crippen LogP contribution in [-0.4, -0.2) is 15.8 Å². The number of anilines is 1. The Hall–Kier alpha value is -3.21. The van der Waals surface area contributed by atoms with Crippen LogP contribution in [0.25, 0.3) is 5.69 Å². The van der Waals surface area contributed by atoms with Crippen LogP contribution in [0.3, 0.4) is 0 Å². The van der Waals surface area contributed by atoms with Crippen molar-refractivity contribution in [2.24, 2.45) is 4.99 Å². The summed E-state index contributed by atoms with van der Waals surface area (Å²) in [6, 6.07) is 19.1. The zero-order valence-electron chi connectivity index (χ0n) is 11.8. The van der Waals surface area contributed by atoms with E-state index in [0.29, 0.717) is 16.9 Å². The van der Waals surface area contributed by atoms with Crippen LogP contribution < -0.4 is 11.2 Å². The summed E-state index contributed by atoms with van der Waals surface area (Å²) < 4.78 is 1.74. The smallest absolute Gasteiger partial charge is 0.166 e. The molecular formula is C17H15N5. The molecule has 0 aliphatic heterocycles. The monoisotopic (exact) mass is 289 g/mol. The van der Waals surface area contributed by atoms with E-state index >= 15 is 0 Å². The van der Waals surface area contributed by atoms with Gasteiger partial charge in [0.15, 0.2) is 5.49 Å². The van der Waals surface area contributed by atoms with E-state index in [0.717, 1.165) is 11.4 Å². The highest BCUT2D eigenvalue weighted by Gasteiger charge is 2.07. The first-order valence-electron chi connectivity index (χ1n) is 6.82. The number of aromatic nitrogens is 2. The van der Waals surface area contributed by atoms with Gasteiger partial charge in [0.05, 0.1) is 11.3 Å². The fraction of sp³-hybridized carbons (Fsp3) is 0. The minimum atomic E-state index is 0.436. The molecule has 0 saturated carbocycles. The van der Waals surface area contributed by atoms with E-state index in [1.54, 1.807) is 10.9 Å². The summed E-state index contributed by atoms with van der Waals surface area (Å²) in [6.07, 6.45) is 2.81. The molecule has 3 aromatic rings. The number of nitrogen functional groups attached to an aromatic ring is 1. The van der Waals surface area contributed by atoms with E-state index in [-0.39, 0.29) is 0 Å². The molecule has 5 heteroatoms. The molecule has 0 amide bonds. The van der Waals surface area contributed by atoms with Gasteiger partial charge in [-0.2, -0.15) is 0 Å². The van der Waals surface area contributed by atoms with Crippen molar-refractivity contribution in [1.29, 1.82) is 5.41 Å². The highest BCUT2D eigenvalue weighted by atomic mass is 15.1. The van der Waals surface area contributed by atoms with Crippen LogP contribution >= 0.6 is 0 Å². The third kappa shape index (κ3) is 2.64. The number of nitrogens with one attached hydrogen (secondary N) is 1. The molecule has 0 fully saturated rings.